The molecule has 0 radical (unpaired) electrons. The highest BCUT2D eigenvalue weighted by molar-refractivity contribution is 5.76. The van der Waals surface area contributed by atoms with Crippen LogP contribution in [0, 0.1) is 0 Å². The molecule has 4 nitrogen and oxygen atoms in total. The lowest BCUT2D eigenvalue weighted by molar-refractivity contribution is -0.160. The van der Waals surface area contributed by atoms with Crippen molar-refractivity contribution in [3.8, 4) is 0 Å². The van der Waals surface area contributed by atoms with Gasteiger partial charge in [0.2, 0.25) is 6.17 Å². The highest BCUT2D eigenvalue weighted by atomic mass is 19.1. The van der Waals surface area contributed by atoms with E-state index in [-0.39, 0.29) is 6.61 Å². The summed E-state index contributed by atoms with van der Waals surface area (Å²) in [6, 6.07) is 6.70. The highest BCUT2D eigenvalue weighted by Crippen LogP contribution is 2.29. The first-order valence-electron chi connectivity index (χ1n) is 6.11. The average molecular weight is 269 g/mol. The smallest absolute Gasteiger partial charge is 0.344 e. The third kappa shape index (κ3) is 3.44. The molecule has 0 heterocycles. The standard InChI is InChI=1S/C14H20FNO3/c1-5-19-13(17)12(15)14(2,18)10-6-8-11(9-7-10)16(3)4/h6-9,12,18H,5H2,1-4H3. The summed E-state index contributed by atoms with van der Waals surface area (Å²) in [5.74, 6) is -1.05. The van der Waals surface area contributed by atoms with Crippen molar-refractivity contribution in [2.45, 2.75) is 25.6 Å². The van der Waals surface area contributed by atoms with E-state index in [1.54, 1.807) is 31.2 Å². The van der Waals surface area contributed by atoms with Crippen LogP contribution in [0.1, 0.15) is 19.4 Å². The van der Waals surface area contributed by atoms with Gasteiger partial charge in [-0.2, -0.15) is 0 Å². The topological polar surface area (TPSA) is 49.8 Å². The Morgan fingerprint density at radius 1 is 1.42 bits per heavy atom. The summed E-state index contributed by atoms with van der Waals surface area (Å²) in [6.45, 7) is 2.93. The van der Waals surface area contributed by atoms with Crippen molar-refractivity contribution in [1.29, 1.82) is 0 Å². The van der Waals surface area contributed by atoms with Crippen LogP contribution >= 0.6 is 0 Å². The van der Waals surface area contributed by atoms with E-state index in [0.717, 1.165) is 5.69 Å². The molecule has 0 bridgehead atoms. The van der Waals surface area contributed by atoms with Crippen LogP contribution in [-0.4, -0.2) is 37.9 Å². The molecule has 106 valence electrons. The quantitative estimate of drug-likeness (QED) is 0.829. The van der Waals surface area contributed by atoms with Crippen LogP contribution in [0.4, 0.5) is 10.1 Å². The number of carbonyl (C=O) groups excluding carboxylic acids is 1. The summed E-state index contributed by atoms with van der Waals surface area (Å²) < 4.78 is 18.6. The van der Waals surface area contributed by atoms with Crippen molar-refractivity contribution in [2.24, 2.45) is 0 Å². The van der Waals surface area contributed by atoms with Gasteiger partial charge in [-0.1, -0.05) is 12.1 Å². The Morgan fingerprint density at radius 2 is 1.95 bits per heavy atom. The van der Waals surface area contributed by atoms with E-state index in [2.05, 4.69) is 4.74 Å². The maximum absolute atomic E-state index is 14.0. The van der Waals surface area contributed by atoms with Crippen LogP contribution < -0.4 is 4.90 Å². The molecular formula is C14H20FNO3. The van der Waals surface area contributed by atoms with Crippen LogP contribution in [0.25, 0.3) is 0 Å². The maximum Gasteiger partial charge on any atom is 0.344 e. The second kappa shape index (κ2) is 6.02. The Balaban J connectivity index is 2.95. The number of halogens is 1. The second-order valence-corrected chi connectivity index (χ2v) is 4.70. The summed E-state index contributed by atoms with van der Waals surface area (Å²) >= 11 is 0. The predicted molar refractivity (Wildman–Crippen MR) is 71.9 cm³/mol. The lowest BCUT2D eigenvalue weighted by atomic mass is 9.91. The molecule has 1 N–H and O–H groups in total. The number of ether oxygens (including phenoxy) is 1. The van der Waals surface area contributed by atoms with Crippen LogP contribution in [0.5, 0.6) is 0 Å². The van der Waals surface area contributed by atoms with Crippen molar-refractivity contribution >= 4 is 11.7 Å². The number of benzene rings is 1. The molecule has 5 heteroatoms. The molecule has 0 amide bonds. The molecule has 19 heavy (non-hydrogen) atoms. The molecule has 0 saturated heterocycles. The summed E-state index contributed by atoms with van der Waals surface area (Å²) in [5.41, 5.74) is -0.651. The molecule has 0 saturated carbocycles. The zero-order chi connectivity index (χ0) is 14.6. The Hall–Kier alpha value is -1.62. The molecule has 0 aliphatic rings. The van der Waals surface area contributed by atoms with Gasteiger partial charge in [0.1, 0.15) is 5.60 Å². The van der Waals surface area contributed by atoms with Gasteiger partial charge >= 0.3 is 5.97 Å². The number of esters is 1. The Kier molecular flexibility index (Phi) is 4.89. The molecule has 1 rings (SSSR count). The molecule has 0 spiro atoms. The first-order chi connectivity index (χ1) is 8.80. The lowest BCUT2D eigenvalue weighted by Gasteiger charge is -2.27. The van der Waals surface area contributed by atoms with Crippen molar-refractivity contribution in [3.63, 3.8) is 0 Å². The zero-order valence-corrected chi connectivity index (χ0v) is 11.7. The van der Waals surface area contributed by atoms with E-state index in [1.807, 2.05) is 19.0 Å². The summed E-state index contributed by atoms with van der Waals surface area (Å²) in [5, 5.41) is 10.2. The van der Waals surface area contributed by atoms with E-state index >= 15 is 0 Å². The maximum atomic E-state index is 14.0. The minimum atomic E-state index is -2.11. The lowest BCUT2D eigenvalue weighted by Crippen LogP contribution is -2.40. The largest absolute Gasteiger partial charge is 0.464 e. The number of carbonyl (C=O) groups is 1. The predicted octanol–water partition coefficient (Wildman–Crippen LogP) is 1.86. The van der Waals surface area contributed by atoms with E-state index in [4.69, 9.17) is 0 Å². The summed E-state index contributed by atoms with van der Waals surface area (Å²) in [4.78, 5) is 13.3. The van der Waals surface area contributed by atoms with Crippen molar-refractivity contribution in [1.82, 2.24) is 0 Å². The van der Waals surface area contributed by atoms with E-state index in [9.17, 15) is 14.3 Å². The summed E-state index contributed by atoms with van der Waals surface area (Å²) in [7, 11) is 3.76. The number of aliphatic hydroxyl groups is 1. The number of hydrogen-bond donors (Lipinski definition) is 1. The monoisotopic (exact) mass is 269 g/mol. The van der Waals surface area contributed by atoms with Gasteiger partial charge in [-0.05, 0) is 31.5 Å². The minimum absolute atomic E-state index is 0.0783. The zero-order valence-electron chi connectivity index (χ0n) is 11.7. The number of nitrogens with zero attached hydrogens (tertiary/aromatic N) is 1. The minimum Gasteiger partial charge on any atom is -0.464 e. The van der Waals surface area contributed by atoms with Gasteiger partial charge in [-0.25, -0.2) is 9.18 Å². The molecule has 1 aromatic rings. The fourth-order valence-electron chi connectivity index (χ4n) is 1.69. The fraction of sp³-hybridized carbons (Fsp3) is 0.500. The summed E-state index contributed by atoms with van der Waals surface area (Å²) in [6.07, 6.45) is -2.11. The van der Waals surface area contributed by atoms with Crippen molar-refractivity contribution < 1.29 is 19.0 Å². The van der Waals surface area contributed by atoms with Crippen LogP contribution in [0.2, 0.25) is 0 Å². The molecule has 1 aromatic carbocycles. The van der Waals surface area contributed by atoms with Gasteiger partial charge in [-0.15, -0.1) is 0 Å². The number of hydrogen-bond acceptors (Lipinski definition) is 4. The van der Waals surface area contributed by atoms with Crippen LogP contribution in [0.3, 0.4) is 0 Å². The first-order valence-corrected chi connectivity index (χ1v) is 6.11. The van der Waals surface area contributed by atoms with Gasteiger partial charge in [0, 0.05) is 19.8 Å². The molecule has 2 unspecified atom stereocenters. The van der Waals surface area contributed by atoms with Gasteiger partial charge < -0.3 is 14.7 Å². The molecule has 2 atom stereocenters. The van der Waals surface area contributed by atoms with Gasteiger partial charge in [0.15, 0.2) is 0 Å². The van der Waals surface area contributed by atoms with Crippen LogP contribution in [0.15, 0.2) is 24.3 Å². The first kappa shape index (κ1) is 15.4. The van der Waals surface area contributed by atoms with E-state index in [0.29, 0.717) is 5.56 Å². The average Bonchev–Trinajstić information content (AvgIpc) is 2.38. The van der Waals surface area contributed by atoms with Crippen molar-refractivity contribution in [2.75, 3.05) is 25.6 Å². The SMILES string of the molecule is CCOC(=O)C(F)C(C)(O)c1ccc(N(C)C)cc1. The highest BCUT2D eigenvalue weighted by Gasteiger charge is 2.40. The molecule has 0 aliphatic carbocycles. The second-order valence-electron chi connectivity index (χ2n) is 4.70. The molecular weight excluding hydrogens is 249 g/mol. The van der Waals surface area contributed by atoms with E-state index in [1.165, 1.54) is 6.92 Å². The third-order valence-corrected chi connectivity index (χ3v) is 2.96. The van der Waals surface area contributed by atoms with Gasteiger partial charge in [0.25, 0.3) is 0 Å². The Labute approximate surface area is 112 Å². The third-order valence-electron chi connectivity index (χ3n) is 2.96. The van der Waals surface area contributed by atoms with Crippen LogP contribution in [-0.2, 0) is 15.1 Å². The van der Waals surface area contributed by atoms with Crippen molar-refractivity contribution in [3.05, 3.63) is 29.8 Å². The Morgan fingerprint density at radius 3 is 2.37 bits per heavy atom. The van der Waals surface area contributed by atoms with E-state index < -0.39 is 17.7 Å². The van der Waals surface area contributed by atoms with Gasteiger partial charge in [0.05, 0.1) is 6.61 Å². The fourth-order valence-corrected chi connectivity index (χ4v) is 1.69. The Bertz CT molecular complexity index is 429. The molecule has 0 aliphatic heterocycles. The number of rotatable bonds is 5. The number of alkyl halides is 1. The number of anilines is 1. The molecule has 0 aromatic heterocycles. The normalized spacial score (nSPS) is 15.5. The van der Waals surface area contributed by atoms with Gasteiger partial charge in [-0.3, -0.25) is 0 Å². The molecule has 0 fully saturated rings.